The Morgan fingerprint density at radius 3 is 2.60 bits per heavy atom. The van der Waals surface area contributed by atoms with Gasteiger partial charge < -0.3 is 9.15 Å². The summed E-state index contributed by atoms with van der Waals surface area (Å²) in [5.74, 6) is -0.602. The minimum absolute atomic E-state index is 0.0308. The first kappa shape index (κ1) is 19.1. The van der Waals surface area contributed by atoms with Crippen molar-refractivity contribution in [2.24, 2.45) is 0 Å². The largest absolute Gasteiger partial charge is 0.458 e. The Hall–Kier alpha value is -4.26. The smallest absolute Gasteiger partial charge is 0.336 e. The van der Waals surface area contributed by atoms with Gasteiger partial charge in [0.1, 0.15) is 12.2 Å². The highest BCUT2D eigenvalue weighted by Crippen LogP contribution is 2.27. The van der Waals surface area contributed by atoms with Crippen molar-refractivity contribution in [1.82, 2.24) is 0 Å². The van der Waals surface area contributed by atoms with Gasteiger partial charge in [0.25, 0.3) is 5.69 Å². The van der Waals surface area contributed by atoms with Crippen LogP contribution >= 0.6 is 0 Å². The zero-order valence-corrected chi connectivity index (χ0v) is 15.6. The third kappa shape index (κ3) is 3.95. The van der Waals surface area contributed by atoms with Gasteiger partial charge >= 0.3 is 11.6 Å². The average Bonchev–Trinajstić information content (AvgIpc) is 2.75. The Bertz CT molecular complexity index is 1350. The number of nitro groups is 1. The number of benzene rings is 3. The maximum atomic E-state index is 12.1. The molecule has 7 heteroatoms. The van der Waals surface area contributed by atoms with E-state index < -0.39 is 16.5 Å². The maximum absolute atomic E-state index is 12.1. The van der Waals surface area contributed by atoms with Gasteiger partial charge in [0.05, 0.1) is 4.92 Å². The van der Waals surface area contributed by atoms with Gasteiger partial charge in [0.2, 0.25) is 0 Å². The lowest BCUT2D eigenvalue weighted by Gasteiger charge is -2.08. The molecule has 0 unspecified atom stereocenters. The lowest BCUT2D eigenvalue weighted by Crippen LogP contribution is -2.06. The number of non-ortho nitro benzene ring substituents is 1. The molecular weight excluding hydrogens is 386 g/mol. The SMILES string of the molecule is O=C(C=Cc1ccc([N+](=O)[O-])cc1)OCc1cc(=O)oc2ccc3ccccc3c12. The lowest BCUT2D eigenvalue weighted by atomic mass is 10.0. The molecule has 0 radical (unpaired) electrons. The summed E-state index contributed by atoms with van der Waals surface area (Å²) in [5, 5.41) is 13.3. The predicted molar refractivity (Wildman–Crippen MR) is 112 cm³/mol. The summed E-state index contributed by atoms with van der Waals surface area (Å²) in [7, 11) is 0. The second kappa shape index (κ2) is 8.00. The number of rotatable bonds is 5. The highest BCUT2D eigenvalue weighted by Gasteiger charge is 2.11. The number of nitrogens with zero attached hydrogens (tertiary/aromatic N) is 1. The molecule has 4 rings (SSSR count). The Balaban J connectivity index is 1.56. The van der Waals surface area contributed by atoms with Crippen LogP contribution in [0, 0.1) is 10.1 Å². The van der Waals surface area contributed by atoms with E-state index in [0.29, 0.717) is 16.7 Å². The Labute approximate surface area is 170 Å². The van der Waals surface area contributed by atoms with E-state index in [9.17, 15) is 19.7 Å². The number of esters is 1. The molecular formula is C23H15NO6. The summed E-state index contributed by atoms with van der Waals surface area (Å²) in [4.78, 5) is 34.2. The van der Waals surface area contributed by atoms with Crippen molar-refractivity contribution in [3.8, 4) is 0 Å². The molecule has 7 nitrogen and oxygen atoms in total. The fourth-order valence-corrected chi connectivity index (χ4v) is 3.20. The quantitative estimate of drug-likeness (QED) is 0.121. The van der Waals surface area contributed by atoms with Crippen molar-refractivity contribution in [1.29, 1.82) is 0 Å². The minimum atomic E-state index is -0.602. The maximum Gasteiger partial charge on any atom is 0.336 e. The van der Waals surface area contributed by atoms with E-state index in [0.717, 1.165) is 16.2 Å². The van der Waals surface area contributed by atoms with Crippen LogP contribution in [0.1, 0.15) is 11.1 Å². The Kier molecular flexibility index (Phi) is 5.09. The number of nitro benzene ring substituents is 1. The molecule has 0 aliphatic carbocycles. The van der Waals surface area contributed by atoms with E-state index >= 15 is 0 Å². The summed E-state index contributed by atoms with van der Waals surface area (Å²) >= 11 is 0. The molecule has 0 aliphatic heterocycles. The first-order valence-electron chi connectivity index (χ1n) is 9.05. The number of ether oxygens (including phenoxy) is 1. The first-order chi connectivity index (χ1) is 14.5. The fourth-order valence-electron chi connectivity index (χ4n) is 3.20. The van der Waals surface area contributed by atoms with Crippen LogP contribution < -0.4 is 5.63 Å². The normalized spacial score (nSPS) is 11.2. The van der Waals surface area contributed by atoms with Crippen LogP contribution in [0.3, 0.4) is 0 Å². The first-order valence-corrected chi connectivity index (χ1v) is 9.05. The van der Waals surface area contributed by atoms with Gasteiger partial charge in [-0.25, -0.2) is 9.59 Å². The number of fused-ring (bicyclic) bond motifs is 3. The molecule has 1 heterocycles. The summed E-state index contributed by atoms with van der Waals surface area (Å²) in [6.07, 6.45) is 2.73. The van der Waals surface area contributed by atoms with Crippen LogP contribution in [0.4, 0.5) is 5.69 Å². The molecule has 0 atom stereocenters. The Morgan fingerprint density at radius 2 is 1.83 bits per heavy atom. The third-order valence-electron chi connectivity index (χ3n) is 4.60. The van der Waals surface area contributed by atoms with Crippen LogP contribution in [-0.2, 0) is 16.1 Å². The molecule has 0 bridgehead atoms. The summed E-state index contributed by atoms with van der Waals surface area (Å²) in [5.41, 5.74) is 1.04. The van der Waals surface area contributed by atoms with Crippen LogP contribution in [0.2, 0.25) is 0 Å². The monoisotopic (exact) mass is 401 g/mol. The van der Waals surface area contributed by atoms with Gasteiger partial charge in [-0.05, 0) is 40.6 Å². The topological polar surface area (TPSA) is 99.6 Å². The standard InChI is InChI=1S/C23H15NO6/c25-21(12-7-15-5-9-18(10-6-15)24(27)28)29-14-17-13-22(26)30-20-11-8-16-3-1-2-4-19(16)23(17)20/h1-13H,14H2. The van der Waals surface area contributed by atoms with E-state index in [1.165, 1.54) is 42.5 Å². The number of hydrogen-bond acceptors (Lipinski definition) is 6. The van der Waals surface area contributed by atoms with E-state index in [1.807, 2.05) is 30.3 Å². The predicted octanol–water partition coefficient (Wildman–Crippen LogP) is 4.61. The molecule has 0 spiro atoms. The second-order valence-corrected chi connectivity index (χ2v) is 6.54. The zero-order valence-electron chi connectivity index (χ0n) is 15.6. The second-order valence-electron chi connectivity index (χ2n) is 6.54. The number of hydrogen-bond donors (Lipinski definition) is 0. The highest BCUT2D eigenvalue weighted by atomic mass is 16.6. The van der Waals surface area contributed by atoms with Crippen LogP contribution in [0.5, 0.6) is 0 Å². The zero-order chi connectivity index (χ0) is 21.1. The Morgan fingerprint density at radius 1 is 1.07 bits per heavy atom. The minimum Gasteiger partial charge on any atom is -0.458 e. The van der Waals surface area contributed by atoms with Crippen molar-refractivity contribution in [3.05, 3.63) is 104 Å². The van der Waals surface area contributed by atoms with Crippen LogP contribution in [0.25, 0.3) is 27.8 Å². The fraction of sp³-hybridized carbons (Fsp3) is 0.0435. The highest BCUT2D eigenvalue weighted by molar-refractivity contribution is 6.07. The van der Waals surface area contributed by atoms with Crippen molar-refractivity contribution in [3.63, 3.8) is 0 Å². The van der Waals surface area contributed by atoms with Gasteiger partial charge in [-0.2, -0.15) is 0 Å². The molecule has 1 aromatic heterocycles. The molecule has 0 saturated heterocycles. The van der Waals surface area contributed by atoms with Gasteiger partial charge in [-0.1, -0.05) is 30.3 Å². The molecule has 0 fully saturated rings. The third-order valence-corrected chi connectivity index (χ3v) is 4.60. The van der Waals surface area contributed by atoms with Crippen molar-refractivity contribution in [2.75, 3.05) is 0 Å². The van der Waals surface area contributed by atoms with Gasteiger partial charge in [0, 0.05) is 35.2 Å². The van der Waals surface area contributed by atoms with E-state index in [-0.39, 0.29) is 12.3 Å². The van der Waals surface area contributed by atoms with Gasteiger partial charge in [0.15, 0.2) is 0 Å². The van der Waals surface area contributed by atoms with Crippen molar-refractivity contribution >= 4 is 39.5 Å². The van der Waals surface area contributed by atoms with Gasteiger partial charge in [-0.3, -0.25) is 10.1 Å². The van der Waals surface area contributed by atoms with E-state index in [1.54, 1.807) is 6.07 Å². The molecule has 148 valence electrons. The van der Waals surface area contributed by atoms with Crippen molar-refractivity contribution in [2.45, 2.75) is 6.61 Å². The average molecular weight is 401 g/mol. The molecule has 0 saturated carbocycles. The number of carbonyl (C=O) groups is 1. The van der Waals surface area contributed by atoms with E-state index in [2.05, 4.69) is 0 Å². The summed E-state index contributed by atoms with van der Waals surface area (Å²) < 4.78 is 10.6. The molecule has 0 amide bonds. The number of carbonyl (C=O) groups excluding carboxylic acids is 1. The molecule has 4 aromatic rings. The van der Waals surface area contributed by atoms with Crippen molar-refractivity contribution < 1.29 is 18.9 Å². The van der Waals surface area contributed by atoms with Crippen LogP contribution in [0.15, 0.2) is 82.0 Å². The van der Waals surface area contributed by atoms with Gasteiger partial charge in [-0.15, -0.1) is 0 Å². The lowest BCUT2D eigenvalue weighted by molar-refractivity contribution is -0.384. The molecule has 30 heavy (non-hydrogen) atoms. The molecule has 3 aromatic carbocycles. The summed E-state index contributed by atoms with van der Waals surface area (Å²) in [6, 6.07) is 18.3. The summed E-state index contributed by atoms with van der Waals surface area (Å²) in [6.45, 7) is -0.0977. The van der Waals surface area contributed by atoms with Crippen LogP contribution in [-0.4, -0.2) is 10.9 Å². The molecule has 0 aliphatic rings. The van der Waals surface area contributed by atoms with E-state index in [4.69, 9.17) is 9.15 Å². The molecule has 0 N–H and O–H groups in total.